The van der Waals surface area contributed by atoms with Crippen LogP contribution < -0.4 is 5.56 Å². The normalized spacial score (nSPS) is 11.4. The number of H-pyrrole nitrogens is 1. The van der Waals surface area contributed by atoms with Crippen LogP contribution in [-0.4, -0.2) is 46.4 Å². The standard InChI is InChI=1S/C14H17ClN2O3/c15-12-7-10(9-17(3-5-18)4-6-19)8-13-11(12)1-2-14(20)16-13/h1-2,7-8,18-19H,3-6,9H2,(H,16,20). The van der Waals surface area contributed by atoms with Gasteiger partial charge in [0.2, 0.25) is 5.56 Å². The highest BCUT2D eigenvalue weighted by molar-refractivity contribution is 6.35. The molecule has 0 bridgehead atoms. The third-order valence-corrected chi connectivity index (χ3v) is 3.40. The first kappa shape index (κ1) is 15.0. The molecule has 1 aromatic carbocycles. The van der Waals surface area contributed by atoms with E-state index in [1.165, 1.54) is 6.07 Å². The predicted molar refractivity (Wildman–Crippen MR) is 79.0 cm³/mol. The van der Waals surface area contributed by atoms with Crippen LogP contribution in [0.5, 0.6) is 0 Å². The average molecular weight is 297 g/mol. The van der Waals surface area contributed by atoms with Gasteiger partial charge in [-0.1, -0.05) is 11.6 Å². The van der Waals surface area contributed by atoms with Crippen molar-refractivity contribution in [2.75, 3.05) is 26.3 Å². The highest BCUT2D eigenvalue weighted by Gasteiger charge is 2.08. The summed E-state index contributed by atoms with van der Waals surface area (Å²) in [4.78, 5) is 16.0. The molecule has 108 valence electrons. The number of nitrogens with one attached hydrogen (secondary N) is 1. The molecule has 0 saturated carbocycles. The van der Waals surface area contributed by atoms with Crippen LogP contribution in [0.15, 0.2) is 29.1 Å². The zero-order chi connectivity index (χ0) is 14.5. The Morgan fingerprint density at radius 3 is 2.50 bits per heavy atom. The Morgan fingerprint density at radius 1 is 1.15 bits per heavy atom. The summed E-state index contributed by atoms with van der Waals surface area (Å²) >= 11 is 6.21. The fourth-order valence-corrected chi connectivity index (χ4v) is 2.49. The molecule has 3 N–H and O–H groups in total. The first-order valence-corrected chi connectivity index (χ1v) is 6.77. The number of nitrogens with zero attached hydrogens (tertiary/aromatic N) is 1. The molecule has 1 aromatic heterocycles. The first-order chi connectivity index (χ1) is 9.63. The minimum atomic E-state index is -0.173. The molecule has 0 spiro atoms. The predicted octanol–water partition coefficient (Wildman–Crippen LogP) is 0.968. The quantitative estimate of drug-likeness (QED) is 0.742. The molecule has 0 aliphatic rings. The van der Waals surface area contributed by atoms with E-state index in [9.17, 15) is 4.79 Å². The summed E-state index contributed by atoms with van der Waals surface area (Å²) in [5.41, 5.74) is 1.44. The molecule has 6 heteroatoms. The summed E-state index contributed by atoms with van der Waals surface area (Å²) < 4.78 is 0. The smallest absolute Gasteiger partial charge is 0.248 e. The molecule has 5 nitrogen and oxygen atoms in total. The summed E-state index contributed by atoms with van der Waals surface area (Å²) in [6.45, 7) is 1.55. The van der Waals surface area contributed by atoms with E-state index < -0.39 is 0 Å². The Morgan fingerprint density at radius 2 is 1.85 bits per heavy atom. The summed E-state index contributed by atoms with van der Waals surface area (Å²) in [6, 6.07) is 6.84. The molecular formula is C14H17ClN2O3. The van der Waals surface area contributed by atoms with Crippen LogP contribution in [0.4, 0.5) is 0 Å². The van der Waals surface area contributed by atoms with Crippen molar-refractivity contribution in [3.05, 3.63) is 45.2 Å². The van der Waals surface area contributed by atoms with Crippen molar-refractivity contribution in [1.82, 2.24) is 9.88 Å². The molecule has 1 heterocycles. The molecule has 20 heavy (non-hydrogen) atoms. The number of aliphatic hydroxyl groups is 2. The number of pyridine rings is 1. The van der Waals surface area contributed by atoms with Crippen molar-refractivity contribution in [3.63, 3.8) is 0 Å². The van der Waals surface area contributed by atoms with Crippen LogP contribution in [0.3, 0.4) is 0 Å². The SMILES string of the molecule is O=c1ccc2c(Cl)cc(CN(CCO)CCO)cc2[nH]1. The Hall–Kier alpha value is -1.40. The molecule has 0 aliphatic carbocycles. The maximum absolute atomic E-state index is 11.4. The van der Waals surface area contributed by atoms with Gasteiger partial charge in [0.05, 0.1) is 23.8 Å². The van der Waals surface area contributed by atoms with Crippen LogP contribution in [0, 0.1) is 0 Å². The molecule has 0 aliphatic heterocycles. The maximum atomic E-state index is 11.4. The summed E-state index contributed by atoms with van der Waals surface area (Å²) in [6.07, 6.45) is 0. The number of aliphatic hydroxyl groups excluding tert-OH is 2. The Kier molecular flexibility index (Phi) is 5.14. The second-order valence-corrected chi connectivity index (χ2v) is 4.99. The van der Waals surface area contributed by atoms with Gasteiger partial charge in [0.15, 0.2) is 0 Å². The van der Waals surface area contributed by atoms with Gasteiger partial charge in [0, 0.05) is 31.1 Å². The van der Waals surface area contributed by atoms with Gasteiger partial charge in [0.1, 0.15) is 0 Å². The molecule has 0 radical (unpaired) electrons. The van der Waals surface area contributed by atoms with E-state index in [1.54, 1.807) is 6.07 Å². The Balaban J connectivity index is 2.32. The van der Waals surface area contributed by atoms with E-state index in [0.717, 1.165) is 10.9 Å². The monoisotopic (exact) mass is 296 g/mol. The molecule has 0 saturated heterocycles. The lowest BCUT2D eigenvalue weighted by atomic mass is 10.1. The number of benzene rings is 1. The van der Waals surface area contributed by atoms with E-state index in [1.807, 2.05) is 17.0 Å². The summed E-state index contributed by atoms with van der Waals surface area (Å²) in [7, 11) is 0. The highest BCUT2D eigenvalue weighted by Crippen LogP contribution is 2.23. The van der Waals surface area contributed by atoms with Gasteiger partial charge >= 0.3 is 0 Å². The van der Waals surface area contributed by atoms with Crippen LogP contribution in [-0.2, 0) is 6.54 Å². The lowest BCUT2D eigenvalue weighted by molar-refractivity contribution is 0.156. The van der Waals surface area contributed by atoms with Crippen molar-refractivity contribution in [2.24, 2.45) is 0 Å². The number of hydrogen-bond acceptors (Lipinski definition) is 4. The zero-order valence-corrected chi connectivity index (χ0v) is 11.7. The Labute approximate surface area is 121 Å². The lowest BCUT2D eigenvalue weighted by Gasteiger charge is -2.20. The van der Waals surface area contributed by atoms with Crippen molar-refractivity contribution in [3.8, 4) is 0 Å². The van der Waals surface area contributed by atoms with E-state index >= 15 is 0 Å². The van der Waals surface area contributed by atoms with Crippen LogP contribution in [0.2, 0.25) is 5.02 Å². The molecule has 0 amide bonds. The Bertz CT molecular complexity index is 636. The molecule has 2 aromatic rings. The van der Waals surface area contributed by atoms with E-state index in [0.29, 0.717) is 30.2 Å². The zero-order valence-electron chi connectivity index (χ0n) is 11.0. The van der Waals surface area contributed by atoms with Gasteiger partial charge in [-0.2, -0.15) is 0 Å². The van der Waals surface area contributed by atoms with Gasteiger partial charge in [-0.05, 0) is 23.8 Å². The minimum absolute atomic E-state index is 0.0259. The van der Waals surface area contributed by atoms with Gasteiger partial charge in [0.25, 0.3) is 0 Å². The summed E-state index contributed by atoms with van der Waals surface area (Å²) in [5.74, 6) is 0. The number of rotatable bonds is 6. The van der Waals surface area contributed by atoms with Gasteiger partial charge in [-0.3, -0.25) is 9.69 Å². The molecule has 0 atom stereocenters. The van der Waals surface area contributed by atoms with Crippen LogP contribution >= 0.6 is 11.6 Å². The summed E-state index contributed by atoms with van der Waals surface area (Å²) in [5, 5.41) is 19.4. The average Bonchev–Trinajstić information content (AvgIpc) is 2.38. The fraction of sp³-hybridized carbons (Fsp3) is 0.357. The molecular weight excluding hydrogens is 280 g/mol. The lowest BCUT2D eigenvalue weighted by Crippen LogP contribution is -2.29. The number of halogens is 1. The highest BCUT2D eigenvalue weighted by atomic mass is 35.5. The third kappa shape index (κ3) is 3.58. The number of aromatic amines is 1. The maximum Gasteiger partial charge on any atom is 0.248 e. The van der Waals surface area contributed by atoms with Crippen molar-refractivity contribution in [1.29, 1.82) is 0 Å². The van der Waals surface area contributed by atoms with Gasteiger partial charge < -0.3 is 15.2 Å². The van der Waals surface area contributed by atoms with Crippen LogP contribution in [0.1, 0.15) is 5.56 Å². The minimum Gasteiger partial charge on any atom is -0.395 e. The molecule has 0 unspecified atom stereocenters. The van der Waals surface area contributed by atoms with Crippen LogP contribution in [0.25, 0.3) is 10.9 Å². The van der Waals surface area contributed by atoms with Crippen molar-refractivity contribution >= 4 is 22.5 Å². The first-order valence-electron chi connectivity index (χ1n) is 6.39. The molecule has 2 rings (SSSR count). The fourth-order valence-electron chi connectivity index (χ4n) is 2.18. The molecule has 0 fully saturated rings. The topological polar surface area (TPSA) is 76.6 Å². The number of fused-ring (bicyclic) bond motifs is 1. The number of hydrogen-bond donors (Lipinski definition) is 3. The van der Waals surface area contributed by atoms with Crippen molar-refractivity contribution in [2.45, 2.75) is 6.54 Å². The van der Waals surface area contributed by atoms with Gasteiger partial charge in [-0.15, -0.1) is 0 Å². The van der Waals surface area contributed by atoms with E-state index in [4.69, 9.17) is 21.8 Å². The largest absolute Gasteiger partial charge is 0.395 e. The third-order valence-electron chi connectivity index (χ3n) is 3.09. The second kappa shape index (κ2) is 6.85. The second-order valence-electron chi connectivity index (χ2n) is 4.58. The van der Waals surface area contributed by atoms with Gasteiger partial charge in [-0.25, -0.2) is 0 Å². The van der Waals surface area contributed by atoms with E-state index in [2.05, 4.69) is 4.98 Å². The van der Waals surface area contributed by atoms with E-state index in [-0.39, 0.29) is 18.8 Å². The van der Waals surface area contributed by atoms with Crippen molar-refractivity contribution < 1.29 is 10.2 Å². The number of aromatic nitrogens is 1.